The second-order valence-corrected chi connectivity index (χ2v) is 6.81. The Morgan fingerprint density at radius 1 is 1.07 bits per heavy atom. The maximum Gasteiger partial charge on any atom is 0.387 e. The molecular formula is C22H18F2N2O4. The highest BCUT2D eigenvalue weighted by Gasteiger charge is 2.25. The largest absolute Gasteiger partial charge is 0.452 e. The number of halogens is 2. The first-order valence-corrected chi connectivity index (χ1v) is 9.43. The summed E-state index contributed by atoms with van der Waals surface area (Å²) < 4.78 is 33.9. The third-order valence-corrected chi connectivity index (χ3v) is 4.82. The molecule has 0 saturated carbocycles. The maximum atomic E-state index is 12.8. The van der Waals surface area contributed by atoms with Crippen molar-refractivity contribution in [1.82, 2.24) is 4.98 Å². The van der Waals surface area contributed by atoms with E-state index in [4.69, 9.17) is 4.74 Å². The van der Waals surface area contributed by atoms with Gasteiger partial charge in [-0.1, -0.05) is 18.2 Å². The molecular weight excluding hydrogens is 394 g/mol. The second kappa shape index (κ2) is 8.44. The van der Waals surface area contributed by atoms with Crippen LogP contribution in [0.25, 0.3) is 10.9 Å². The van der Waals surface area contributed by atoms with E-state index in [1.54, 1.807) is 0 Å². The number of nitrogens with zero attached hydrogens (tertiary/aromatic N) is 1. The Hall–Kier alpha value is -3.55. The van der Waals surface area contributed by atoms with Crippen molar-refractivity contribution >= 4 is 28.5 Å². The van der Waals surface area contributed by atoms with Gasteiger partial charge in [0, 0.05) is 16.8 Å². The van der Waals surface area contributed by atoms with Crippen molar-refractivity contribution in [2.45, 2.75) is 25.9 Å². The summed E-state index contributed by atoms with van der Waals surface area (Å²) in [7, 11) is 0. The molecule has 1 heterocycles. The minimum absolute atomic E-state index is 0.0205. The lowest BCUT2D eigenvalue weighted by Crippen LogP contribution is -2.21. The smallest absolute Gasteiger partial charge is 0.387 e. The SMILES string of the molecule is O=C(COC(=O)c1c2c(nc3ccccc13)CCC2)Nc1ccc(OC(F)F)cc1. The Morgan fingerprint density at radius 2 is 1.83 bits per heavy atom. The lowest BCUT2D eigenvalue weighted by Gasteiger charge is -2.12. The summed E-state index contributed by atoms with van der Waals surface area (Å²) in [4.78, 5) is 29.6. The number of para-hydroxylation sites is 1. The van der Waals surface area contributed by atoms with Gasteiger partial charge >= 0.3 is 12.6 Å². The Labute approximate surface area is 170 Å². The van der Waals surface area contributed by atoms with Crippen molar-refractivity contribution in [1.29, 1.82) is 0 Å². The van der Waals surface area contributed by atoms with Crippen LogP contribution in [0.15, 0.2) is 48.5 Å². The van der Waals surface area contributed by atoms with Crippen LogP contribution in [0, 0.1) is 0 Å². The number of benzene rings is 2. The zero-order valence-corrected chi connectivity index (χ0v) is 15.9. The van der Waals surface area contributed by atoms with Crippen LogP contribution >= 0.6 is 0 Å². The first kappa shape index (κ1) is 19.8. The van der Waals surface area contributed by atoms with Gasteiger partial charge < -0.3 is 14.8 Å². The number of nitrogens with one attached hydrogen (secondary N) is 1. The van der Waals surface area contributed by atoms with E-state index >= 15 is 0 Å². The number of alkyl halides is 2. The van der Waals surface area contributed by atoms with Crippen molar-refractivity contribution < 1.29 is 27.8 Å². The third-order valence-electron chi connectivity index (χ3n) is 4.82. The Morgan fingerprint density at radius 3 is 2.60 bits per heavy atom. The van der Waals surface area contributed by atoms with Gasteiger partial charge in [-0.15, -0.1) is 0 Å². The predicted molar refractivity (Wildman–Crippen MR) is 106 cm³/mol. The molecule has 0 fully saturated rings. The molecule has 0 radical (unpaired) electrons. The zero-order valence-electron chi connectivity index (χ0n) is 15.9. The number of fused-ring (bicyclic) bond motifs is 2. The van der Waals surface area contributed by atoms with Gasteiger partial charge in [0.1, 0.15) is 5.75 Å². The van der Waals surface area contributed by atoms with Crippen LogP contribution in [0.3, 0.4) is 0 Å². The molecule has 0 saturated heterocycles. The molecule has 0 spiro atoms. The first-order chi connectivity index (χ1) is 14.5. The minimum Gasteiger partial charge on any atom is -0.452 e. The number of carbonyl (C=O) groups is 2. The molecule has 4 rings (SSSR count). The fraction of sp³-hybridized carbons (Fsp3) is 0.227. The maximum absolute atomic E-state index is 12.8. The number of aromatic nitrogens is 1. The average molecular weight is 412 g/mol. The Balaban J connectivity index is 1.43. The summed E-state index contributed by atoms with van der Waals surface area (Å²) >= 11 is 0. The topological polar surface area (TPSA) is 77.5 Å². The molecule has 154 valence electrons. The molecule has 2 aromatic carbocycles. The number of anilines is 1. The molecule has 0 aliphatic heterocycles. The fourth-order valence-corrected chi connectivity index (χ4v) is 3.56. The molecule has 6 nitrogen and oxygen atoms in total. The van der Waals surface area contributed by atoms with Crippen LogP contribution in [0.4, 0.5) is 14.5 Å². The lowest BCUT2D eigenvalue weighted by molar-refractivity contribution is -0.119. The highest BCUT2D eigenvalue weighted by Crippen LogP contribution is 2.30. The van der Waals surface area contributed by atoms with Gasteiger partial charge in [0.25, 0.3) is 5.91 Å². The van der Waals surface area contributed by atoms with Gasteiger partial charge in [0.15, 0.2) is 6.61 Å². The summed E-state index contributed by atoms with van der Waals surface area (Å²) in [5.74, 6) is -1.13. The number of amides is 1. The van der Waals surface area contributed by atoms with Crippen molar-refractivity contribution in [2.24, 2.45) is 0 Å². The molecule has 0 atom stereocenters. The van der Waals surface area contributed by atoms with Crippen LogP contribution in [0.1, 0.15) is 28.0 Å². The number of esters is 1. The number of hydrogen-bond donors (Lipinski definition) is 1. The van der Waals surface area contributed by atoms with Crippen LogP contribution < -0.4 is 10.1 Å². The van der Waals surface area contributed by atoms with Crippen LogP contribution in [0.2, 0.25) is 0 Å². The van der Waals surface area contributed by atoms with Gasteiger partial charge in [-0.3, -0.25) is 9.78 Å². The van der Waals surface area contributed by atoms with Crippen LogP contribution in [-0.2, 0) is 22.4 Å². The highest BCUT2D eigenvalue weighted by molar-refractivity contribution is 6.06. The molecule has 0 unspecified atom stereocenters. The number of aryl methyl sites for hydroxylation is 1. The summed E-state index contributed by atoms with van der Waals surface area (Å²) in [5, 5.41) is 3.25. The molecule has 0 bridgehead atoms. The van der Waals surface area contributed by atoms with E-state index in [-0.39, 0.29) is 5.75 Å². The van der Waals surface area contributed by atoms with E-state index in [0.29, 0.717) is 16.6 Å². The van der Waals surface area contributed by atoms with Crippen molar-refractivity contribution in [2.75, 3.05) is 11.9 Å². The summed E-state index contributed by atoms with van der Waals surface area (Å²) in [5.41, 5.74) is 3.34. The number of ether oxygens (including phenoxy) is 2. The van der Waals surface area contributed by atoms with E-state index in [1.807, 2.05) is 24.3 Å². The lowest BCUT2D eigenvalue weighted by atomic mass is 10.0. The number of hydrogen-bond acceptors (Lipinski definition) is 5. The van der Waals surface area contributed by atoms with Gasteiger partial charge in [0.2, 0.25) is 0 Å². The molecule has 8 heteroatoms. The molecule has 30 heavy (non-hydrogen) atoms. The minimum atomic E-state index is -2.92. The van der Waals surface area contributed by atoms with Gasteiger partial charge in [-0.05, 0) is 55.2 Å². The second-order valence-electron chi connectivity index (χ2n) is 6.81. The van der Waals surface area contributed by atoms with Gasteiger partial charge in [-0.25, -0.2) is 4.79 Å². The predicted octanol–water partition coefficient (Wildman–Crippen LogP) is 4.12. The molecule has 1 aliphatic rings. The van der Waals surface area contributed by atoms with Crippen LogP contribution in [-0.4, -0.2) is 30.1 Å². The number of rotatable bonds is 6. The van der Waals surface area contributed by atoms with Crippen molar-refractivity contribution in [3.05, 3.63) is 65.4 Å². The highest BCUT2D eigenvalue weighted by atomic mass is 19.3. The quantitative estimate of drug-likeness (QED) is 0.617. The van der Waals surface area contributed by atoms with E-state index < -0.39 is 25.1 Å². The molecule has 1 amide bonds. The first-order valence-electron chi connectivity index (χ1n) is 9.43. The molecule has 1 aliphatic carbocycles. The molecule has 1 aromatic heterocycles. The molecule has 1 N–H and O–H groups in total. The average Bonchev–Trinajstić information content (AvgIpc) is 3.19. The number of carbonyl (C=O) groups excluding carboxylic acids is 2. The normalized spacial score (nSPS) is 12.6. The van der Waals surface area contributed by atoms with Crippen LogP contribution in [0.5, 0.6) is 5.75 Å². The van der Waals surface area contributed by atoms with E-state index in [1.165, 1.54) is 24.3 Å². The van der Waals surface area contributed by atoms with Crippen molar-refractivity contribution in [3.8, 4) is 5.75 Å². The zero-order chi connectivity index (χ0) is 21.1. The summed E-state index contributed by atoms with van der Waals surface area (Å²) in [6.45, 7) is -3.39. The van der Waals surface area contributed by atoms with E-state index in [9.17, 15) is 18.4 Å². The summed E-state index contributed by atoms with van der Waals surface area (Å²) in [6, 6.07) is 12.8. The number of pyridine rings is 1. The third kappa shape index (κ3) is 4.22. The Bertz CT molecular complexity index is 1100. The van der Waals surface area contributed by atoms with E-state index in [2.05, 4.69) is 15.0 Å². The van der Waals surface area contributed by atoms with E-state index in [0.717, 1.165) is 36.0 Å². The Kier molecular flexibility index (Phi) is 5.56. The van der Waals surface area contributed by atoms with Crippen molar-refractivity contribution in [3.63, 3.8) is 0 Å². The molecule has 3 aromatic rings. The van der Waals surface area contributed by atoms with Gasteiger partial charge in [0.05, 0.1) is 11.1 Å². The van der Waals surface area contributed by atoms with Gasteiger partial charge in [-0.2, -0.15) is 8.78 Å². The fourth-order valence-electron chi connectivity index (χ4n) is 3.56. The summed E-state index contributed by atoms with van der Waals surface area (Å²) in [6.07, 6.45) is 2.48. The standard InChI is InChI=1S/C22H18F2N2O4/c23-22(24)30-14-10-8-13(9-11-14)25-19(27)12-29-21(28)20-15-4-1-2-6-17(15)26-18-7-3-5-16(18)20/h1-2,4,6,8-11,22H,3,5,7,12H2,(H,25,27). The monoisotopic (exact) mass is 412 g/mol.